The lowest BCUT2D eigenvalue weighted by atomic mass is 10.1. The summed E-state index contributed by atoms with van der Waals surface area (Å²) in [7, 11) is 0. The Morgan fingerprint density at radius 3 is 2.42 bits per heavy atom. The van der Waals surface area contributed by atoms with E-state index in [2.05, 4.69) is 5.32 Å². The van der Waals surface area contributed by atoms with E-state index < -0.39 is 0 Å². The molecule has 1 saturated heterocycles. The number of anilines is 1. The monoisotopic (exact) mass is 324 g/mol. The number of carbonyl (C=O) groups is 2. The van der Waals surface area contributed by atoms with Crippen molar-refractivity contribution in [3.8, 4) is 0 Å². The van der Waals surface area contributed by atoms with Crippen LogP contribution < -0.4 is 5.32 Å². The fourth-order valence-electron chi connectivity index (χ4n) is 2.62. The molecular weight excluding hydrogens is 304 g/mol. The second-order valence-electron chi connectivity index (χ2n) is 5.75. The summed E-state index contributed by atoms with van der Waals surface area (Å²) in [6, 6.07) is 14.4. The fraction of sp³-hybridized carbons (Fsp3) is 0.263. The van der Waals surface area contributed by atoms with Crippen LogP contribution in [0.25, 0.3) is 0 Å². The summed E-state index contributed by atoms with van der Waals surface area (Å²) in [6.45, 7) is 4.23. The Hall–Kier alpha value is -2.66. The van der Waals surface area contributed by atoms with E-state index in [0.717, 1.165) is 5.56 Å². The highest BCUT2D eigenvalue weighted by atomic mass is 16.5. The minimum atomic E-state index is -0.185. The van der Waals surface area contributed by atoms with Gasteiger partial charge in [-0.3, -0.25) is 9.59 Å². The highest BCUT2D eigenvalue weighted by Gasteiger charge is 2.19. The van der Waals surface area contributed by atoms with Crippen molar-refractivity contribution in [1.82, 2.24) is 4.90 Å². The molecule has 5 nitrogen and oxygen atoms in total. The summed E-state index contributed by atoms with van der Waals surface area (Å²) in [5.74, 6) is -0.219. The fourth-order valence-corrected chi connectivity index (χ4v) is 2.62. The van der Waals surface area contributed by atoms with Crippen LogP contribution >= 0.6 is 0 Å². The molecule has 24 heavy (non-hydrogen) atoms. The molecule has 2 aromatic carbocycles. The molecule has 0 radical (unpaired) electrons. The van der Waals surface area contributed by atoms with Crippen molar-refractivity contribution in [2.75, 3.05) is 31.6 Å². The molecule has 124 valence electrons. The smallest absolute Gasteiger partial charge is 0.255 e. The first-order valence-corrected chi connectivity index (χ1v) is 7.99. The van der Waals surface area contributed by atoms with Gasteiger partial charge in [0.1, 0.15) is 0 Å². The summed E-state index contributed by atoms with van der Waals surface area (Å²) in [5, 5.41) is 2.89. The molecule has 0 atom stereocenters. The Morgan fingerprint density at radius 2 is 1.71 bits per heavy atom. The Labute approximate surface area is 141 Å². The number of amides is 2. The molecule has 0 unspecified atom stereocenters. The molecule has 1 fully saturated rings. The lowest BCUT2D eigenvalue weighted by Crippen LogP contribution is -2.40. The molecule has 1 aliphatic rings. The number of morpholine rings is 1. The predicted molar refractivity (Wildman–Crippen MR) is 92.3 cm³/mol. The van der Waals surface area contributed by atoms with Crippen molar-refractivity contribution in [2.24, 2.45) is 0 Å². The maximum absolute atomic E-state index is 12.6. The largest absolute Gasteiger partial charge is 0.378 e. The molecule has 0 aromatic heterocycles. The topological polar surface area (TPSA) is 58.6 Å². The second-order valence-corrected chi connectivity index (χ2v) is 5.75. The average Bonchev–Trinajstić information content (AvgIpc) is 2.64. The number of benzene rings is 2. The summed E-state index contributed by atoms with van der Waals surface area (Å²) in [4.78, 5) is 26.7. The van der Waals surface area contributed by atoms with Gasteiger partial charge < -0.3 is 15.0 Å². The van der Waals surface area contributed by atoms with Crippen molar-refractivity contribution >= 4 is 17.5 Å². The van der Waals surface area contributed by atoms with E-state index in [1.54, 1.807) is 29.2 Å². The minimum Gasteiger partial charge on any atom is -0.378 e. The first kappa shape index (κ1) is 16.2. The molecule has 0 spiro atoms. The van der Waals surface area contributed by atoms with Gasteiger partial charge in [0.05, 0.1) is 13.2 Å². The van der Waals surface area contributed by atoms with Crippen LogP contribution in [0, 0.1) is 6.92 Å². The van der Waals surface area contributed by atoms with Gasteiger partial charge in [0.25, 0.3) is 11.8 Å². The molecule has 0 aliphatic carbocycles. The molecule has 1 aliphatic heterocycles. The van der Waals surface area contributed by atoms with Crippen LogP contribution in [-0.4, -0.2) is 43.0 Å². The lowest BCUT2D eigenvalue weighted by molar-refractivity contribution is 0.0303. The van der Waals surface area contributed by atoms with E-state index >= 15 is 0 Å². The maximum atomic E-state index is 12.6. The van der Waals surface area contributed by atoms with E-state index in [-0.39, 0.29) is 11.8 Å². The third kappa shape index (κ3) is 3.63. The minimum absolute atomic E-state index is 0.0338. The van der Waals surface area contributed by atoms with Crippen LogP contribution in [0.4, 0.5) is 5.69 Å². The molecule has 0 saturated carbocycles. The maximum Gasteiger partial charge on any atom is 0.255 e. The molecule has 1 heterocycles. The molecular formula is C19H20N2O3. The summed E-state index contributed by atoms with van der Waals surface area (Å²) in [6.07, 6.45) is 0. The third-order valence-corrected chi connectivity index (χ3v) is 4.07. The van der Waals surface area contributed by atoms with Gasteiger partial charge >= 0.3 is 0 Å². The number of rotatable bonds is 3. The van der Waals surface area contributed by atoms with Crippen molar-refractivity contribution in [1.29, 1.82) is 0 Å². The van der Waals surface area contributed by atoms with E-state index in [0.29, 0.717) is 43.1 Å². The van der Waals surface area contributed by atoms with Gasteiger partial charge in [-0.2, -0.15) is 0 Å². The highest BCUT2D eigenvalue weighted by molar-refractivity contribution is 6.05. The standard InChI is InChI=1S/C19H20N2O3/c1-14-7-8-16(19(23)21-9-11-24-12-10-21)13-17(14)20-18(22)15-5-3-2-4-6-15/h2-8,13H,9-12H2,1H3,(H,20,22). The van der Waals surface area contributed by atoms with Crippen LogP contribution in [0.2, 0.25) is 0 Å². The van der Waals surface area contributed by atoms with Crippen molar-refractivity contribution < 1.29 is 14.3 Å². The lowest BCUT2D eigenvalue weighted by Gasteiger charge is -2.27. The molecule has 5 heteroatoms. The zero-order valence-corrected chi connectivity index (χ0v) is 13.6. The number of nitrogens with one attached hydrogen (secondary N) is 1. The Bertz CT molecular complexity index is 738. The number of carbonyl (C=O) groups excluding carboxylic acids is 2. The number of ether oxygens (including phenoxy) is 1. The molecule has 2 amide bonds. The van der Waals surface area contributed by atoms with E-state index in [1.807, 2.05) is 31.2 Å². The van der Waals surface area contributed by atoms with Gasteiger partial charge in [0, 0.05) is 29.9 Å². The van der Waals surface area contributed by atoms with Crippen molar-refractivity contribution in [3.63, 3.8) is 0 Å². The zero-order chi connectivity index (χ0) is 16.9. The van der Waals surface area contributed by atoms with Crippen LogP contribution in [-0.2, 0) is 4.74 Å². The van der Waals surface area contributed by atoms with E-state index in [9.17, 15) is 9.59 Å². The number of hydrogen-bond acceptors (Lipinski definition) is 3. The van der Waals surface area contributed by atoms with Crippen LogP contribution in [0.5, 0.6) is 0 Å². The Balaban J connectivity index is 1.78. The summed E-state index contributed by atoms with van der Waals surface area (Å²) < 4.78 is 5.28. The third-order valence-electron chi connectivity index (χ3n) is 4.07. The first-order chi connectivity index (χ1) is 11.6. The average molecular weight is 324 g/mol. The second kappa shape index (κ2) is 7.27. The van der Waals surface area contributed by atoms with Gasteiger partial charge in [-0.15, -0.1) is 0 Å². The van der Waals surface area contributed by atoms with Crippen LogP contribution in [0.1, 0.15) is 26.3 Å². The molecule has 3 rings (SSSR count). The Morgan fingerprint density at radius 1 is 1.00 bits per heavy atom. The van der Waals surface area contributed by atoms with Gasteiger partial charge in [-0.05, 0) is 36.8 Å². The number of hydrogen-bond donors (Lipinski definition) is 1. The first-order valence-electron chi connectivity index (χ1n) is 7.99. The van der Waals surface area contributed by atoms with Crippen molar-refractivity contribution in [2.45, 2.75) is 6.92 Å². The van der Waals surface area contributed by atoms with Gasteiger partial charge in [-0.1, -0.05) is 24.3 Å². The van der Waals surface area contributed by atoms with Crippen LogP contribution in [0.15, 0.2) is 48.5 Å². The predicted octanol–water partition coefficient (Wildman–Crippen LogP) is 2.72. The molecule has 1 N–H and O–H groups in total. The zero-order valence-electron chi connectivity index (χ0n) is 13.6. The van der Waals surface area contributed by atoms with Gasteiger partial charge in [0.2, 0.25) is 0 Å². The van der Waals surface area contributed by atoms with Gasteiger partial charge in [-0.25, -0.2) is 0 Å². The van der Waals surface area contributed by atoms with Crippen LogP contribution in [0.3, 0.4) is 0 Å². The SMILES string of the molecule is Cc1ccc(C(=O)N2CCOCC2)cc1NC(=O)c1ccccc1. The normalized spacial score (nSPS) is 14.3. The molecule has 0 bridgehead atoms. The summed E-state index contributed by atoms with van der Waals surface area (Å²) in [5.41, 5.74) is 2.73. The number of nitrogens with zero attached hydrogens (tertiary/aromatic N) is 1. The quantitative estimate of drug-likeness (QED) is 0.944. The van der Waals surface area contributed by atoms with Crippen molar-refractivity contribution in [3.05, 3.63) is 65.2 Å². The van der Waals surface area contributed by atoms with Gasteiger partial charge in [0.15, 0.2) is 0 Å². The Kier molecular flexibility index (Phi) is 4.91. The van der Waals surface area contributed by atoms with E-state index in [1.165, 1.54) is 0 Å². The number of aryl methyl sites for hydroxylation is 1. The summed E-state index contributed by atoms with van der Waals surface area (Å²) >= 11 is 0. The molecule has 2 aromatic rings. The highest BCUT2D eigenvalue weighted by Crippen LogP contribution is 2.19. The van der Waals surface area contributed by atoms with E-state index in [4.69, 9.17) is 4.74 Å².